The topological polar surface area (TPSA) is 66.4 Å². The third kappa shape index (κ3) is 23.6. The van der Waals surface area contributed by atoms with Gasteiger partial charge in [-0.25, -0.2) is 0 Å². The largest absolute Gasteiger partial charge is 0.550 e. The number of hydrogen-bond acceptors (Lipinski definition) is 4. The molecule has 0 spiro atoms. The number of unbranched alkanes of at least 4 members (excludes halogenated alkanes) is 16. The Morgan fingerprint density at radius 1 is 0.688 bits per heavy atom. The lowest BCUT2D eigenvalue weighted by atomic mass is 10.0. The number of likely N-dealkylation sites (N-methyl/N-ethyl adjacent to an activating group) is 1. The van der Waals surface area contributed by atoms with Crippen LogP contribution in [0.25, 0.3) is 0 Å². The number of carbonyl (C=O) groups is 2. The zero-order valence-corrected chi connectivity index (χ0v) is 21.8. The van der Waals surface area contributed by atoms with Gasteiger partial charge in [0, 0.05) is 18.8 Å². The van der Waals surface area contributed by atoms with Gasteiger partial charge in [0.1, 0.15) is 6.54 Å². The maximum Gasteiger partial charge on any atom is 0.306 e. The fourth-order valence-corrected chi connectivity index (χ4v) is 4.18. The molecular weight excluding hydrogens is 402 g/mol. The zero-order chi connectivity index (χ0) is 24.1. The van der Waals surface area contributed by atoms with Crippen LogP contribution in [0.4, 0.5) is 0 Å². The first-order valence-corrected chi connectivity index (χ1v) is 13.4. The Morgan fingerprint density at radius 3 is 1.41 bits per heavy atom. The first-order chi connectivity index (χ1) is 15.2. The molecule has 0 fully saturated rings. The molecule has 0 radical (unpaired) electrons. The first kappa shape index (κ1) is 30.9. The van der Waals surface area contributed by atoms with E-state index in [0.717, 1.165) is 19.3 Å². The number of ether oxygens (including phenoxy) is 1. The summed E-state index contributed by atoms with van der Waals surface area (Å²) in [4.78, 5) is 22.9. The van der Waals surface area contributed by atoms with E-state index >= 15 is 0 Å². The van der Waals surface area contributed by atoms with Gasteiger partial charge in [0.25, 0.3) is 0 Å². The molecule has 0 aromatic rings. The lowest BCUT2D eigenvalue weighted by Crippen LogP contribution is -2.45. The number of esters is 1. The molecular formula is C27H53NO4. The molecule has 0 aromatic carbocycles. The molecule has 0 N–H and O–H groups in total. The van der Waals surface area contributed by atoms with Gasteiger partial charge in [-0.2, -0.15) is 0 Å². The Bertz CT molecular complexity index is 459. The van der Waals surface area contributed by atoms with Gasteiger partial charge >= 0.3 is 5.97 Å². The summed E-state index contributed by atoms with van der Waals surface area (Å²) in [6, 6.07) is 0. The molecule has 0 saturated heterocycles. The highest BCUT2D eigenvalue weighted by atomic mass is 16.5. The van der Waals surface area contributed by atoms with E-state index in [9.17, 15) is 14.7 Å². The van der Waals surface area contributed by atoms with E-state index in [1.54, 1.807) is 0 Å². The minimum absolute atomic E-state index is 0.236. The molecule has 32 heavy (non-hydrogen) atoms. The number of nitrogens with zero attached hydrogens (tertiary/aromatic N) is 1. The van der Waals surface area contributed by atoms with Crippen molar-refractivity contribution in [3.05, 3.63) is 0 Å². The average molecular weight is 456 g/mol. The van der Waals surface area contributed by atoms with E-state index in [1.165, 1.54) is 89.9 Å². The lowest BCUT2D eigenvalue weighted by Gasteiger charge is -2.29. The van der Waals surface area contributed by atoms with Crippen molar-refractivity contribution in [2.45, 2.75) is 135 Å². The minimum atomic E-state index is -1.17. The number of quaternary nitrogens is 1. The third-order valence-corrected chi connectivity index (χ3v) is 5.93. The Morgan fingerprint density at radius 2 is 1.06 bits per heavy atom. The van der Waals surface area contributed by atoms with E-state index in [4.69, 9.17) is 4.74 Å². The second-order valence-electron chi connectivity index (χ2n) is 10.6. The fraction of sp³-hybridized carbons (Fsp3) is 0.926. The van der Waals surface area contributed by atoms with Crippen molar-refractivity contribution in [2.75, 3.05) is 27.7 Å². The lowest BCUT2D eigenvalue weighted by molar-refractivity contribution is -0.873. The van der Waals surface area contributed by atoms with Crippen LogP contribution in [-0.4, -0.2) is 50.2 Å². The van der Waals surface area contributed by atoms with Crippen LogP contribution in [0.2, 0.25) is 0 Å². The van der Waals surface area contributed by atoms with Crippen molar-refractivity contribution in [3.63, 3.8) is 0 Å². The van der Waals surface area contributed by atoms with Gasteiger partial charge in [-0.1, -0.05) is 110 Å². The normalized spacial score (nSPS) is 12.6. The molecule has 0 unspecified atom stereocenters. The summed E-state index contributed by atoms with van der Waals surface area (Å²) in [6.07, 6.45) is 21.8. The summed E-state index contributed by atoms with van der Waals surface area (Å²) in [5, 5.41) is 10.9. The molecule has 0 aliphatic rings. The molecule has 0 saturated carbocycles. The number of aliphatic carboxylic acids is 1. The third-order valence-electron chi connectivity index (χ3n) is 5.93. The second-order valence-corrected chi connectivity index (χ2v) is 10.6. The maximum atomic E-state index is 12.0. The molecule has 5 heteroatoms. The predicted molar refractivity (Wildman–Crippen MR) is 131 cm³/mol. The van der Waals surface area contributed by atoms with Crippen molar-refractivity contribution in [1.29, 1.82) is 0 Å². The molecule has 0 aliphatic carbocycles. The van der Waals surface area contributed by atoms with Gasteiger partial charge in [0.15, 0.2) is 6.10 Å². The molecule has 0 aromatic heterocycles. The summed E-state index contributed by atoms with van der Waals surface area (Å²) in [5.74, 6) is -1.46. The molecule has 0 amide bonds. The van der Waals surface area contributed by atoms with E-state index < -0.39 is 12.1 Å². The molecule has 0 bridgehead atoms. The quantitative estimate of drug-likeness (QED) is 0.111. The van der Waals surface area contributed by atoms with Gasteiger partial charge in [-0.15, -0.1) is 0 Å². The number of carboxylic acid groups (broad SMARTS) is 1. The van der Waals surface area contributed by atoms with E-state index in [2.05, 4.69) is 6.92 Å². The van der Waals surface area contributed by atoms with Gasteiger partial charge in [0.2, 0.25) is 0 Å². The highest BCUT2D eigenvalue weighted by molar-refractivity contribution is 5.70. The smallest absolute Gasteiger partial charge is 0.306 e. The van der Waals surface area contributed by atoms with Gasteiger partial charge in [0.05, 0.1) is 21.1 Å². The van der Waals surface area contributed by atoms with Crippen LogP contribution in [0.1, 0.15) is 129 Å². The second kappa shape index (κ2) is 20.5. The standard InChI is InChI=1S/C27H53NO4/c1-5-6-7-8-9-10-11-12-13-14-15-16-17-18-19-20-21-22-27(31)32-25(23-26(29)30)24-28(2,3)4/h25H,5-24H2,1-4H3/t25-/m1/s1. The number of hydrogen-bond donors (Lipinski definition) is 0. The number of carboxylic acids is 1. The van der Waals surface area contributed by atoms with E-state index in [1.807, 2.05) is 21.1 Å². The summed E-state index contributed by atoms with van der Waals surface area (Å²) < 4.78 is 5.94. The summed E-state index contributed by atoms with van der Waals surface area (Å²) in [7, 11) is 5.85. The van der Waals surface area contributed by atoms with Crippen LogP contribution in [0.3, 0.4) is 0 Å². The Labute approximate surface area is 198 Å². The average Bonchev–Trinajstić information content (AvgIpc) is 2.68. The Hall–Kier alpha value is -1.10. The van der Waals surface area contributed by atoms with Crippen LogP contribution in [-0.2, 0) is 14.3 Å². The van der Waals surface area contributed by atoms with Crippen molar-refractivity contribution >= 4 is 11.9 Å². The van der Waals surface area contributed by atoms with Crippen LogP contribution >= 0.6 is 0 Å². The SMILES string of the molecule is CCCCCCCCCCCCCCCCCCCC(=O)O[C@H](CC(=O)[O-])C[N+](C)(C)C. The molecule has 0 rings (SSSR count). The van der Waals surface area contributed by atoms with Gasteiger partial charge in [-0.3, -0.25) is 4.79 Å². The van der Waals surface area contributed by atoms with Crippen LogP contribution in [0, 0.1) is 0 Å². The van der Waals surface area contributed by atoms with Crippen LogP contribution < -0.4 is 5.11 Å². The molecule has 0 aliphatic heterocycles. The van der Waals surface area contributed by atoms with Gasteiger partial charge < -0.3 is 19.1 Å². The van der Waals surface area contributed by atoms with Crippen LogP contribution in [0.5, 0.6) is 0 Å². The van der Waals surface area contributed by atoms with Crippen molar-refractivity contribution in [3.8, 4) is 0 Å². The monoisotopic (exact) mass is 455 g/mol. The predicted octanol–water partition coefficient (Wildman–Crippen LogP) is 5.79. The summed E-state index contributed by atoms with van der Waals surface area (Å²) in [6.45, 7) is 2.74. The highest BCUT2D eigenvalue weighted by Crippen LogP contribution is 2.15. The minimum Gasteiger partial charge on any atom is -0.550 e. The number of carbonyl (C=O) groups excluding carboxylic acids is 2. The van der Waals surface area contributed by atoms with E-state index in [0.29, 0.717) is 17.4 Å². The Balaban J connectivity index is 3.50. The molecule has 190 valence electrons. The maximum absolute atomic E-state index is 12.0. The zero-order valence-electron chi connectivity index (χ0n) is 21.8. The molecule has 5 nitrogen and oxygen atoms in total. The fourth-order valence-electron chi connectivity index (χ4n) is 4.18. The van der Waals surface area contributed by atoms with Gasteiger partial charge in [-0.05, 0) is 6.42 Å². The summed E-state index contributed by atoms with van der Waals surface area (Å²) in [5.41, 5.74) is 0. The summed E-state index contributed by atoms with van der Waals surface area (Å²) >= 11 is 0. The Kier molecular flexibility index (Phi) is 19.8. The van der Waals surface area contributed by atoms with Crippen LogP contribution in [0.15, 0.2) is 0 Å². The highest BCUT2D eigenvalue weighted by Gasteiger charge is 2.22. The molecule has 1 atom stereocenters. The van der Waals surface area contributed by atoms with Crippen molar-refractivity contribution < 1.29 is 23.9 Å². The molecule has 0 heterocycles. The van der Waals surface area contributed by atoms with Crippen molar-refractivity contribution in [2.24, 2.45) is 0 Å². The first-order valence-electron chi connectivity index (χ1n) is 13.4. The number of rotatable bonds is 23. The van der Waals surface area contributed by atoms with Crippen molar-refractivity contribution in [1.82, 2.24) is 0 Å². The van der Waals surface area contributed by atoms with E-state index in [-0.39, 0.29) is 12.4 Å².